The van der Waals surface area contributed by atoms with Gasteiger partial charge < -0.3 is 10.2 Å². The van der Waals surface area contributed by atoms with Crippen LogP contribution in [0.25, 0.3) is 0 Å². The molecule has 0 bridgehead atoms. The van der Waals surface area contributed by atoms with Crippen molar-refractivity contribution in [2.45, 2.75) is 25.9 Å². The average Bonchev–Trinajstić information content (AvgIpc) is 2.30. The van der Waals surface area contributed by atoms with Crippen molar-refractivity contribution in [1.29, 1.82) is 0 Å². The van der Waals surface area contributed by atoms with Gasteiger partial charge in [0.05, 0.1) is 5.69 Å². The van der Waals surface area contributed by atoms with Crippen LogP contribution in [0.2, 0.25) is 0 Å². The van der Waals surface area contributed by atoms with Crippen molar-refractivity contribution in [1.82, 2.24) is 5.32 Å². The standard InChI is InChI=1S/C12H15F3N2/c1-7-6-17(8(2)5-16-7)10-4-3-9(13)11(14)12(10)15/h3-4,7-8,16H,5-6H2,1-2H3. The fourth-order valence-electron chi connectivity index (χ4n) is 2.09. The highest BCUT2D eigenvalue weighted by Crippen LogP contribution is 2.26. The molecule has 1 aromatic rings. The first-order valence-electron chi connectivity index (χ1n) is 5.64. The number of hydrogen-bond donors (Lipinski definition) is 1. The summed E-state index contributed by atoms with van der Waals surface area (Å²) in [5.74, 6) is -3.66. The molecule has 0 amide bonds. The molecule has 1 N–H and O–H groups in total. The zero-order chi connectivity index (χ0) is 12.6. The maximum absolute atomic E-state index is 13.7. The summed E-state index contributed by atoms with van der Waals surface area (Å²) in [6, 6.07) is 2.50. The molecule has 0 spiro atoms. The zero-order valence-electron chi connectivity index (χ0n) is 9.80. The van der Waals surface area contributed by atoms with Gasteiger partial charge >= 0.3 is 0 Å². The van der Waals surface area contributed by atoms with Crippen LogP contribution in [0.1, 0.15) is 13.8 Å². The molecule has 1 aliphatic rings. The second-order valence-electron chi connectivity index (χ2n) is 4.51. The Balaban J connectivity index is 2.36. The Morgan fingerprint density at radius 3 is 2.59 bits per heavy atom. The van der Waals surface area contributed by atoms with Crippen LogP contribution in [0.3, 0.4) is 0 Å². The summed E-state index contributed by atoms with van der Waals surface area (Å²) in [4.78, 5) is 1.76. The van der Waals surface area contributed by atoms with Gasteiger partial charge in [0.15, 0.2) is 17.5 Å². The average molecular weight is 244 g/mol. The minimum Gasteiger partial charge on any atom is -0.364 e. The van der Waals surface area contributed by atoms with Crippen LogP contribution in [-0.2, 0) is 0 Å². The topological polar surface area (TPSA) is 15.3 Å². The monoisotopic (exact) mass is 244 g/mol. The Kier molecular flexibility index (Phi) is 3.28. The summed E-state index contributed by atoms with van der Waals surface area (Å²) in [5.41, 5.74) is 0.129. The summed E-state index contributed by atoms with van der Waals surface area (Å²) >= 11 is 0. The number of anilines is 1. The van der Waals surface area contributed by atoms with Crippen LogP contribution in [0.15, 0.2) is 12.1 Å². The first-order chi connectivity index (χ1) is 8.00. The van der Waals surface area contributed by atoms with Crippen molar-refractivity contribution in [3.05, 3.63) is 29.6 Å². The van der Waals surface area contributed by atoms with E-state index < -0.39 is 17.5 Å². The van der Waals surface area contributed by atoms with E-state index in [2.05, 4.69) is 5.32 Å². The van der Waals surface area contributed by atoms with Gasteiger partial charge in [-0.05, 0) is 26.0 Å². The molecular weight excluding hydrogens is 229 g/mol. The highest BCUT2D eigenvalue weighted by Gasteiger charge is 2.26. The third-order valence-electron chi connectivity index (χ3n) is 3.09. The lowest BCUT2D eigenvalue weighted by Crippen LogP contribution is -2.54. The Bertz CT molecular complexity index is 422. The normalized spacial score (nSPS) is 25.1. The Hall–Kier alpha value is -1.23. The molecule has 1 heterocycles. The van der Waals surface area contributed by atoms with Gasteiger partial charge in [-0.1, -0.05) is 0 Å². The van der Waals surface area contributed by atoms with E-state index in [0.29, 0.717) is 13.1 Å². The van der Waals surface area contributed by atoms with Crippen LogP contribution in [0.4, 0.5) is 18.9 Å². The zero-order valence-corrected chi connectivity index (χ0v) is 9.80. The second kappa shape index (κ2) is 4.56. The molecule has 2 rings (SSSR count). The van der Waals surface area contributed by atoms with E-state index >= 15 is 0 Å². The third kappa shape index (κ3) is 2.24. The van der Waals surface area contributed by atoms with Crippen LogP contribution >= 0.6 is 0 Å². The molecule has 1 aromatic carbocycles. The highest BCUT2D eigenvalue weighted by molar-refractivity contribution is 5.50. The molecule has 94 valence electrons. The van der Waals surface area contributed by atoms with Crippen molar-refractivity contribution >= 4 is 5.69 Å². The lowest BCUT2D eigenvalue weighted by molar-refractivity contribution is 0.408. The van der Waals surface area contributed by atoms with Gasteiger partial charge in [-0.2, -0.15) is 0 Å². The maximum Gasteiger partial charge on any atom is 0.196 e. The number of hydrogen-bond acceptors (Lipinski definition) is 2. The molecule has 1 aliphatic heterocycles. The van der Waals surface area contributed by atoms with Crippen molar-refractivity contribution in [3.63, 3.8) is 0 Å². The van der Waals surface area contributed by atoms with E-state index in [1.807, 2.05) is 13.8 Å². The molecule has 1 fully saturated rings. The number of rotatable bonds is 1. The summed E-state index contributed by atoms with van der Waals surface area (Å²) < 4.78 is 39.7. The molecule has 1 saturated heterocycles. The first-order valence-corrected chi connectivity index (χ1v) is 5.64. The number of piperazine rings is 1. The maximum atomic E-state index is 13.7. The molecule has 17 heavy (non-hydrogen) atoms. The van der Waals surface area contributed by atoms with Gasteiger partial charge in [-0.15, -0.1) is 0 Å². The first kappa shape index (κ1) is 12.2. The molecule has 5 heteroatoms. The summed E-state index contributed by atoms with van der Waals surface area (Å²) in [6.45, 7) is 5.15. The van der Waals surface area contributed by atoms with E-state index in [1.165, 1.54) is 6.07 Å². The van der Waals surface area contributed by atoms with Crippen molar-refractivity contribution in [3.8, 4) is 0 Å². The second-order valence-corrected chi connectivity index (χ2v) is 4.51. The largest absolute Gasteiger partial charge is 0.364 e. The van der Waals surface area contributed by atoms with E-state index in [1.54, 1.807) is 4.90 Å². The molecular formula is C12H15F3N2. The van der Waals surface area contributed by atoms with Gasteiger partial charge in [0, 0.05) is 25.2 Å². The van der Waals surface area contributed by atoms with Crippen LogP contribution in [-0.4, -0.2) is 25.2 Å². The van der Waals surface area contributed by atoms with Crippen molar-refractivity contribution < 1.29 is 13.2 Å². The van der Waals surface area contributed by atoms with Gasteiger partial charge in [-0.3, -0.25) is 0 Å². The fraction of sp³-hybridized carbons (Fsp3) is 0.500. The third-order valence-corrected chi connectivity index (χ3v) is 3.09. The van der Waals surface area contributed by atoms with Gasteiger partial charge in [0.25, 0.3) is 0 Å². The van der Waals surface area contributed by atoms with Crippen LogP contribution < -0.4 is 10.2 Å². The minimum absolute atomic E-state index is 0.0468. The van der Waals surface area contributed by atoms with Gasteiger partial charge in [0.2, 0.25) is 0 Å². The number of benzene rings is 1. The quantitative estimate of drug-likeness (QED) is 0.762. The molecule has 0 aliphatic carbocycles. The predicted molar refractivity (Wildman–Crippen MR) is 60.6 cm³/mol. The van der Waals surface area contributed by atoms with Crippen LogP contribution in [0.5, 0.6) is 0 Å². The number of halogens is 3. The van der Waals surface area contributed by atoms with Crippen molar-refractivity contribution in [2.24, 2.45) is 0 Å². The smallest absolute Gasteiger partial charge is 0.196 e. The number of nitrogens with zero attached hydrogens (tertiary/aromatic N) is 1. The van der Waals surface area contributed by atoms with E-state index in [0.717, 1.165) is 6.07 Å². The molecule has 0 saturated carbocycles. The highest BCUT2D eigenvalue weighted by atomic mass is 19.2. The molecule has 2 atom stereocenters. The van der Waals surface area contributed by atoms with Crippen molar-refractivity contribution in [2.75, 3.05) is 18.0 Å². The summed E-state index contributed by atoms with van der Waals surface area (Å²) in [5, 5.41) is 3.24. The number of nitrogens with one attached hydrogen (secondary N) is 1. The molecule has 0 aromatic heterocycles. The van der Waals surface area contributed by atoms with Crippen LogP contribution in [0, 0.1) is 17.5 Å². The molecule has 2 unspecified atom stereocenters. The van der Waals surface area contributed by atoms with Gasteiger partial charge in [0.1, 0.15) is 0 Å². The summed E-state index contributed by atoms with van der Waals surface area (Å²) in [6.07, 6.45) is 0. The summed E-state index contributed by atoms with van der Waals surface area (Å²) in [7, 11) is 0. The fourth-order valence-corrected chi connectivity index (χ4v) is 2.09. The van der Waals surface area contributed by atoms with E-state index in [9.17, 15) is 13.2 Å². The van der Waals surface area contributed by atoms with Gasteiger partial charge in [-0.25, -0.2) is 13.2 Å². The predicted octanol–water partition coefficient (Wildman–Crippen LogP) is 2.29. The minimum atomic E-state index is -1.40. The Labute approximate surface area is 98.4 Å². The molecule has 0 radical (unpaired) electrons. The SMILES string of the molecule is CC1CN(c2ccc(F)c(F)c2F)C(C)CN1. The van der Waals surface area contributed by atoms with E-state index in [-0.39, 0.29) is 17.8 Å². The lowest BCUT2D eigenvalue weighted by atomic mass is 10.1. The van der Waals surface area contributed by atoms with E-state index in [4.69, 9.17) is 0 Å². The lowest BCUT2D eigenvalue weighted by Gasteiger charge is -2.39. The molecule has 2 nitrogen and oxygen atoms in total. The Morgan fingerprint density at radius 1 is 1.18 bits per heavy atom. The Morgan fingerprint density at radius 2 is 1.88 bits per heavy atom.